The molecule has 0 radical (unpaired) electrons. The molecule has 37 heavy (non-hydrogen) atoms. The summed E-state index contributed by atoms with van der Waals surface area (Å²) in [5, 5.41) is 0.967. The van der Waals surface area contributed by atoms with Crippen molar-refractivity contribution in [1.29, 1.82) is 0 Å². The van der Waals surface area contributed by atoms with Crippen LogP contribution in [0.1, 0.15) is 64.0 Å². The van der Waals surface area contributed by atoms with Gasteiger partial charge in [0.25, 0.3) is 0 Å². The van der Waals surface area contributed by atoms with Gasteiger partial charge in [-0.15, -0.1) is 0 Å². The van der Waals surface area contributed by atoms with Crippen LogP contribution in [-0.4, -0.2) is 19.1 Å². The Bertz CT molecular complexity index is 1470. The van der Waals surface area contributed by atoms with Gasteiger partial charge in [0.15, 0.2) is 6.10 Å². The third-order valence-electron chi connectivity index (χ3n) is 7.19. The zero-order valence-electron chi connectivity index (χ0n) is 20.5. The van der Waals surface area contributed by atoms with Gasteiger partial charge in [-0.25, -0.2) is 4.79 Å². The fraction of sp³-hybridized carbons (Fsp3) is 0.276. The normalized spacial score (nSPS) is 17.7. The van der Waals surface area contributed by atoms with Crippen LogP contribution in [0.5, 0.6) is 0 Å². The van der Waals surface area contributed by atoms with Crippen molar-refractivity contribution in [1.82, 2.24) is 0 Å². The Balaban J connectivity index is 1.74. The number of esters is 1. The van der Waals surface area contributed by atoms with Gasteiger partial charge in [0, 0.05) is 29.4 Å². The Kier molecular flexibility index (Phi) is 7.48. The Hall–Kier alpha value is -1.88. The second-order valence-corrected chi connectivity index (χ2v) is 11.5. The lowest BCUT2D eigenvalue weighted by atomic mass is 9.86. The van der Waals surface area contributed by atoms with Crippen LogP contribution in [0.25, 0.3) is 5.57 Å². The van der Waals surface area contributed by atoms with E-state index in [1.807, 2.05) is 32.0 Å². The van der Waals surface area contributed by atoms with Crippen molar-refractivity contribution in [3.05, 3.63) is 100 Å². The van der Waals surface area contributed by atoms with Crippen LogP contribution < -0.4 is 4.90 Å². The Morgan fingerprint density at radius 3 is 2.19 bits per heavy atom. The molecular weight excluding hydrogens is 572 g/mol. The number of fused-ring (bicyclic) bond motifs is 1. The van der Waals surface area contributed by atoms with Crippen molar-refractivity contribution >= 4 is 75.2 Å². The van der Waals surface area contributed by atoms with Gasteiger partial charge >= 0.3 is 5.97 Å². The minimum absolute atomic E-state index is 0.0326. The summed E-state index contributed by atoms with van der Waals surface area (Å²) in [7, 11) is 0. The summed E-state index contributed by atoms with van der Waals surface area (Å²) in [6.45, 7) is 8.10. The maximum Gasteiger partial charge on any atom is 0.341 e. The molecule has 1 fully saturated rings. The average Bonchev–Trinajstić information content (AvgIpc) is 3.53. The van der Waals surface area contributed by atoms with Gasteiger partial charge in [0.1, 0.15) is 0 Å². The Morgan fingerprint density at radius 1 is 0.865 bits per heavy atom. The Labute approximate surface area is 241 Å². The molecule has 0 spiro atoms. The molecule has 0 bridgehead atoms. The maximum atomic E-state index is 13.0. The second-order valence-electron chi connectivity index (χ2n) is 9.55. The van der Waals surface area contributed by atoms with Crippen LogP contribution >= 0.6 is 58.0 Å². The van der Waals surface area contributed by atoms with E-state index in [2.05, 4.69) is 30.0 Å². The topological polar surface area (TPSA) is 29.5 Å². The molecule has 0 amide bonds. The molecule has 2 heterocycles. The lowest BCUT2D eigenvalue weighted by Gasteiger charge is -2.23. The van der Waals surface area contributed by atoms with Gasteiger partial charge in [0.05, 0.1) is 25.7 Å². The molecule has 192 valence electrons. The molecule has 2 aliphatic heterocycles. The molecule has 0 saturated carbocycles. The summed E-state index contributed by atoms with van der Waals surface area (Å²) in [4.78, 5) is 15.4. The van der Waals surface area contributed by atoms with Gasteiger partial charge in [-0.3, -0.25) is 0 Å². The van der Waals surface area contributed by atoms with E-state index >= 15 is 0 Å². The number of carbonyl (C=O) groups excluding carboxylic acids is 1. The van der Waals surface area contributed by atoms with Gasteiger partial charge in [-0.2, -0.15) is 0 Å². The summed E-state index contributed by atoms with van der Waals surface area (Å²) < 4.78 is 5.86. The molecule has 0 N–H and O–H groups in total. The van der Waals surface area contributed by atoms with E-state index in [9.17, 15) is 4.79 Å². The summed E-state index contributed by atoms with van der Waals surface area (Å²) in [5.74, 6) is -0.591. The molecule has 1 unspecified atom stereocenters. The fourth-order valence-corrected chi connectivity index (χ4v) is 6.42. The van der Waals surface area contributed by atoms with Crippen LogP contribution in [0.3, 0.4) is 0 Å². The van der Waals surface area contributed by atoms with Crippen molar-refractivity contribution in [2.45, 2.75) is 39.7 Å². The number of hydrogen-bond acceptors (Lipinski definition) is 3. The highest BCUT2D eigenvalue weighted by molar-refractivity contribution is 6.53. The first-order valence-corrected chi connectivity index (χ1v) is 13.9. The molecule has 8 heteroatoms. The third kappa shape index (κ3) is 4.64. The van der Waals surface area contributed by atoms with Crippen LogP contribution in [0.2, 0.25) is 25.1 Å². The molecule has 5 rings (SSSR count). The van der Waals surface area contributed by atoms with Crippen LogP contribution in [-0.2, 0) is 4.74 Å². The summed E-state index contributed by atoms with van der Waals surface area (Å²) in [5.41, 5.74) is 7.42. The first-order valence-electron chi connectivity index (χ1n) is 12.0. The smallest absolute Gasteiger partial charge is 0.341 e. The molecule has 1 atom stereocenters. The average molecular weight is 596 g/mol. The molecule has 2 aliphatic rings. The highest BCUT2D eigenvalue weighted by atomic mass is 35.5. The molecule has 1 saturated heterocycles. The van der Waals surface area contributed by atoms with E-state index in [0.717, 1.165) is 46.5 Å². The molecule has 3 nitrogen and oxygen atoms in total. The molecular formula is C29H24Cl5NO2. The van der Waals surface area contributed by atoms with Crippen molar-refractivity contribution < 1.29 is 9.53 Å². The molecule has 3 aromatic carbocycles. The minimum atomic E-state index is -0.796. The van der Waals surface area contributed by atoms with Gasteiger partial charge in [-0.1, -0.05) is 76.2 Å². The second kappa shape index (κ2) is 10.4. The van der Waals surface area contributed by atoms with Crippen molar-refractivity contribution in [3.8, 4) is 0 Å². The largest absolute Gasteiger partial charge is 0.449 e. The van der Waals surface area contributed by atoms with E-state index in [1.54, 1.807) is 0 Å². The van der Waals surface area contributed by atoms with E-state index in [-0.39, 0.29) is 25.7 Å². The van der Waals surface area contributed by atoms with Gasteiger partial charge in [-0.05, 0) is 85.2 Å². The number of rotatable bonds is 4. The maximum absolute atomic E-state index is 13.0. The monoisotopic (exact) mass is 593 g/mol. The van der Waals surface area contributed by atoms with Crippen molar-refractivity contribution in [2.24, 2.45) is 0 Å². The number of nitrogens with zero attached hydrogens (tertiary/aromatic N) is 1. The van der Waals surface area contributed by atoms with E-state index in [4.69, 9.17) is 62.7 Å². The Morgan fingerprint density at radius 2 is 1.54 bits per heavy atom. The highest BCUT2D eigenvalue weighted by Crippen LogP contribution is 2.51. The predicted octanol–water partition coefficient (Wildman–Crippen LogP) is 9.90. The number of hydrogen-bond donors (Lipinski definition) is 0. The molecule has 3 aromatic rings. The summed E-state index contributed by atoms with van der Waals surface area (Å²) in [6.07, 6.45) is 1.61. The van der Waals surface area contributed by atoms with Crippen molar-refractivity contribution in [3.63, 3.8) is 0 Å². The predicted molar refractivity (Wildman–Crippen MR) is 155 cm³/mol. The number of halogens is 5. The number of ether oxygens (including phenoxy) is 1. The van der Waals surface area contributed by atoms with Crippen molar-refractivity contribution in [2.75, 3.05) is 18.0 Å². The van der Waals surface area contributed by atoms with E-state index < -0.39 is 12.1 Å². The number of cyclic esters (lactones) is 1. The SMILES string of the molecule is C/C(=C(/c1ccc(C)c(Cl)c1)c1ccc(N2CCCC2)cc1C)C1OC(=O)c2c(Cl)c(Cl)c(Cl)c(Cl)c21. The zero-order chi connectivity index (χ0) is 26.6. The zero-order valence-corrected chi connectivity index (χ0v) is 24.3. The van der Waals surface area contributed by atoms with E-state index in [0.29, 0.717) is 10.6 Å². The molecule has 0 aromatic heterocycles. The number of benzene rings is 3. The van der Waals surface area contributed by atoms with Gasteiger partial charge < -0.3 is 9.64 Å². The van der Waals surface area contributed by atoms with Crippen LogP contribution in [0, 0.1) is 13.8 Å². The number of aryl methyl sites for hydroxylation is 2. The number of anilines is 1. The minimum Gasteiger partial charge on any atom is -0.449 e. The standard InChI is InChI=1S/C29H24Cl5NO2/c1-14-6-7-17(13-20(14)30)21(19-9-8-18(12-15(19)2)35-10-4-5-11-35)16(3)28-22-23(29(36)37-28)25(32)27(34)26(33)24(22)31/h6-9,12-13,28H,4-5,10-11H2,1-3H3/b21-16+. The summed E-state index contributed by atoms with van der Waals surface area (Å²) >= 11 is 32.3. The van der Waals surface area contributed by atoms with Gasteiger partial charge in [0.2, 0.25) is 0 Å². The first-order chi connectivity index (χ1) is 17.6. The number of carbonyl (C=O) groups is 1. The lowest BCUT2D eigenvalue weighted by Crippen LogP contribution is -2.17. The van der Waals surface area contributed by atoms with Crippen LogP contribution in [0.15, 0.2) is 42.0 Å². The fourth-order valence-electron chi connectivity index (χ4n) is 5.20. The summed E-state index contributed by atoms with van der Waals surface area (Å²) in [6, 6.07) is 12.4. The first kappa shape index (κ1) is 26.7. The van der Waals surface area contributed by atoms with Crippen LogP contribution in [0.4, 0.5) is 5.69 Å². The van der Waals surface area contributed by atoms with E-state index in [1.165, 1.54) is 18.5 Å². The lowest BCUT2D eigenvalue weighted by molar-refractivity contribution is 0.0451. The quantitative estimate of drug-likeness (QED) is 0.171. The highest BCUT2D eigenvalue weighted by Gasteiger charge is 2.40. The third-order valence-corrected chi connectivity index (χ3v) is 9.42. The molecule has 0 aliphatic carbocycles.